The van der Waals surface area contributed by atoms with Gasteiger partial charge in [-0.05, 0) is 55.3 Å². The van der Waals surface area contributed by atoms with Crippen molar-refractivity contribution in [1.82, 2.24) is 4.90 Å². The summed E-state index contributed by atoms with van der Waals surface area (Å²) in [7, 11) is 1.71. The molecule has 0 heterocycles. The number of hydrogen-bond acceptors (Lipinski definition) is 3. The lowest BCUT2D eigenvalue weighted by Gasteiger charge is -2.15. The summed E-state index contributed by atoms with van der Waals surface area (Å²) < 4.78 is 24.1. The highest BCUT2D eigenvalue weighted by Gasteiger charge is 2.08. The van der Waals surface area contributed by atoms with E-state index in [1.807, 2.05) is 32.0 Å². The van der Waals surface area contributed by atoms with Crippen molar-refractivity contribution >= 4 is 12.0 Å². The molecule has 2 aromatic carbocycles. The van der Waals surface area contributed by atoms with Gasteiger partial charge in [0.25, 0.3) is 0 Å². The molecule has 2 aromatic rings. The van der Waals surface area contributed by atoms with E-state index in [4.69, 9.17) is 9.47 Å². The Morgan fingerprint density at radius 2 is 1.69 bits per heavy atom. The summed E-state index contributed by atoms with van der Waals surface area (Å²) in [6.45, 7) is 5.33. The van der Waals surface area contributed by atoms with Gasteiger partial charge in [-0.3, -0.25) is 4.79 Å². The number of hydrogen-bond donors (Lipinski definition) is 0. The number of nitrogens with zero attached hydrogens (tertiary/aromatic N) is 1. The fraction of sp³-hybridized carbons (Fsp3) is 0.286. The highest BCUT2D eigenvalue weighted by atomic mass is 19.1. The number of carbonyl (C=O) groups excluding carboxylic acids is 1. The monoisotopic (exact) mass is 357 g/mol. The SMILES string of the molecule is CCOc1ccc(/C=C/C(=O)N(C)Cc2ccc(F)cc2)cc1OCC. The van der Waals surface area contributed by atoms with Gasteiger partial charge in [0, 0.05) is 19.7 Å². The van der Waals surface area contributed by atoms with Gasteiger partial charge in [-0.1, -0.05) is 18.2 Å². The van der Waals surface area contributed by atoms with Crippen LogP contribution in [0, 0.1) is 5.82 Å². The quantitative estimate of drug-likeness (QED) is 0.662. The zero-order valence-corrected chi connectivity index (χ0v) is 15.4. The van der Waals surface area contributed by atoms with E-state index in [1.54, 1.807) is 30.2 Å². The van der Waals surface area contributed by atoms with Crippen molar-refractivity contribution in [1.29, 1.82) is 0 Å². The topological polar surface area (TPSA) is 38.8 Å². The van der Waals surface area contributed by atoms with E-state index in [-0.39, 0.29) is 11.7 Å². The predicted octanol–water partition coefficient (Wildman–Crippen LogP) is 4.29. The van der Waals surface area contributed by atoms with Crippen LogP contribution in [0.1, 0.15) is 25.0 Å². The number of benzene rings is 2. The Hall–Kier alpha value is -2.82. The second-order valence-corrected chi connectivity index (χ2v) is 5.73. The van der Waals surface area contributed by atoms with Crippen LogP contribution in [0.2, 0.25) is 0 Å². The van der Waals surface area contributed by atoms with Gasteiger partial charge in [-0.25, -0.2) is 4.39 Å². The van der Waals surface area contributed by atoms with Crippen LogP contribution in [-0.4, -0.2) is 31.1 Å². The van der Waals surface area contributed by atoms with Crippen LogP contribution in [0.3, 0.4) is 0 Å². The smallest absolute Gasteiger partial charge is 0.246 e. The van der Waals surface area contributed by atoms with Gasteiger partial charge in [0.05, 0.1) is 13.2 Å². The van der Waals surface area contributed by atoms with Gasteiger partial charge in [0.2, 0.25) is 5.91 Å². The van der Waals surface area contributed by atoms with Crippen LogP contribution < -0.4 is 9.47 Å². The number of carbonyl (C=O) groups is 1. The Labute approximate surface area is 153 Å². The molecule has 0 saturated carbocycles. The number of rotatable bonds is 8. The zero-order valence-electron chi connectivity index (χ0n) is 15.4. The van der Waals surface area contributed by atoms with Crippen molar-refractivity contribution in [2.45, 2.75) is 20.4 Å². The van der Waals surface area contributed by atoms with E-state index in [9.17, 15) is 9.18 Å². The summed E-state index contributed by atoms with van der Waals surface area (Å²) in [5.74, 6) is 0.916. The Kier molecular flexibility index (Phi) is 7.21. The molecule has 2 rings (SSSR count). The molecular weight excluding hydrogens is 333 g/mol. The molecular formula is C21H24FNO3. The highest BCUT2D eigenvalue weighted by Crippen LogP contribution is 2.29. The lowest BCUT2D eigenvalue weighted by Crippen LogP contribution is -2.24. The molecule has 0 aromatic heterocycles. The average Bonchev–Trinajstić information content (AvgIpc) is 2.63. The third-order valence-corrected chi connectivity index (χ3v) is 3.70. The summed E-state index contributed by atoms with van der Waals surface area (Å²) in [5.41, 5.74) is 1.72. The Balaban J connectivity index is 2.04. The van der Waals surface area contributed by atoms with Crippen LogP contribution in [-0.2, 0) is 11.3 Å². The van der Waals surface area contributed by atoms with Gasteiger partial charge >= 0.3 is 0 Å². The molecule has 0 unspecified atom stereocenters. The van der Waals surface area contributed by atoms with Crippen molar-refractivity contribution in [2.24, 2.45) is 0 Å². The van der Waals surface area contributed by atoms with E-state index in [0.29, 0.717) is 31.3 Å². The first-order chi connectivity index (χ1) is 12.5. The molecule has 138 valence electrons. The normalized spacial score (nSPS) is 10.8. The summed E-state index contributed by atoms with van der Waals surface area (Å²) in [4.78, 5) is 13.8. The number of likely N-dealkylation sites (N-methyl/N-ethyl adjacent to an activating group) is 1. The minimum absolute atomic E-state index is 0.138. The largest absolute Gasteiger partial charge is 0.490 e. The summed E-state index contributed by atoms with van der Waals surface area (Å²) in [6.07, 6.45) is 3.25. The van der Waals surface area contributed by atoms with E-state index >= 15 is 0 Å². The van der Waals surface area contributed by atoms with Crippen LogP contribution in [0.15, 0.2) is 48.5 Å². The Morgan fingerprint density at radius 1 is 1.04 bits per heavy atom. The molecule has 0 fully saturated rings. The molecule has 0 saturated heterocycles. The van der Waals surface area contributed by atoms with Crippen molar-refractivity contribution in [2.75, 3.05) is 20.3 Å². The number of amides is 1. The molecule has 0 aliphatic rings. The second-order valence-electron chi connectivity index (χ2n) is 5.73. The average molecular weight is 357 g/mol. The summed E-state index contributed by atoms with van der Waals surface area (Å²) in [6, 6.07) is 11.7. The van der Waals surface area contributed by atoms with Crippen molar-refractivity contribution in [3.8, 4) is 11.5 Å². The van der Waals surface area contributed by atoms with Crippen molar-refractivity contribution in [3.63, 3.8) is 0 Å². The summed E-state index contributed by atoms with van der Waals surface area (Å²) >= 11 is 0. The van der Waals surface area contributed by atoms with E-state index in [1.165, 1.54) is 18.2 Å². The van der Waals surface area contributed by atoms with Crippen molar-refractivity contribution in [3.05, 3.63) is 65.5 Å². The first kappa shape index (κ1) is 19.5. The highest BCUT2D eigenvalue weighted by molar-refractivity contribution is 5.91. The van der Waals surface area contributed by atoms with Gasteiger partial charge in [-0.2, -0.15) is 0 Å². The van der Waals surface area contributed by atoms with Crippen molar-refractivity contribution < 1.29 is 18.7 Å². The first-order valence-corrected chi connectivity index (χ1v) is 8.60. The van der Waals surface area contributed by atoms with E-state index < -0.39 is 0 Å². The minimum atomic E-state index is -0.289. The summed E-state index contributed by atoms with van der Waals surface area (Å²) in [5, 5.41) is 0. The second kappa shape index (κ2) is 9.61. The molecule has 0 bridgehead atoms. The van der Waals surface area contributed by atoms with Crippen LogP contribution in [0.5, 0.6) is 11.5 Å². The third kappa shape index (κ3) is 5.62. The van der Waals surface area contributed by atoms with Gasteiger partial charge < -0.3 is 14.4 Å². The molecule has 0 N–H and O–H groups in total. The molecule has 0 atom stereocenters. The van der Waals surface area contributed by atoms with Crippen LogP contribution in [0.25, 0.3) is 6.08 Å². The molecule has 0 spiro atoms. The van der Waals surface area contributed by atoms with Gasteiger partial charge in [0.1, 0.15) is 5.82 Å². The predicted molar refractivity (Wildman–Crippen MR) is 101 cm³/mol. The van der Waals surface area contributed by atoms with Gasteiger partial charge in [0.15, 0.2) is 11.5 Å². The Bertz CT molecular complexity index is 756. The van der Waals surface area contributed by atoms with Crippen LogP contribution >= 0.6 is 0 Å². The lowest BCUT2D eigenvalue weighted by atomic mass is 10.1. The molecule has 5 heteroatoms. The molecule has 1 amide bonds. The maximum Gasteiger partial charge on any atom is 0.246 e. The number of ether oxygens (including phenoxy) is 2. The zero-order chi connectivity index (χ0) is 18.9. The fourth-order valence-corrected chi connectivity index (χ4v) is 2.41. The molecule has 26 heavy (non-hydrogen) atoms. The maximum absolute atomic E-state index is 12.9. The molecule has 4 nitrogen and oxygen atoms in total. The first-order valence-electron chi connectivity index (χ1n) is 8.60. The standard InChI is InChI=1S/C21H24FNO3/c1-4-25-19-12-8-16(14-20(19)26-5-2)9-13-21(24)23(3)15-17-6-10-18(22)11-7-17/h6-14H,4-5,15H2,1-3H3/b13-9+. The van der Waals surface area contributed by atoms with Crippen LogP contribution in [0.4, 0.5) is 4.39 Å². The lowest BCUT2D eigenvalue weighted by molar-refractivity contribution is -0.125. The maximum atomic E-state index is 12.9. The van der Waals surface area contributed by atoms with Gasteiger partial charge in [-0.15, -0.1) is 0 Å². The van der Waals surface area contributed by atoms with E-state index in [2.05, 4.69) is 0 Å². The Morgan fingerprint density at radius 3 is 2.35 bits per heavy atom. The minimum Gasteiger partial charge on any atom is -0.490 e. The number of halogens is 1. The fourth-order valence-electron chi connectivity index (χ4n) is 2.41. The van der Waals surface area contributed by atoms with E-state index in [0.717, 1.165) is 11.1 Å². The molecule has 0 radical (unpaired) electrons. The third-order valence-electron chi connectivity index (χ3n) is 3.70. The molecule has 0 aliphatic carbocycles. The molecule has 0 aliphatic heterocycles.